The Balaban J connectivity index is 2.67. The Morgan fingerprint density at radius 2 is 2.12 bits per heavy atom. The number of hydrogen-bond donors (Lipinski definition) is 0. The zero-order chi connectivity index (χ0) is 12.2. The molecule has 0 heterocycles. The molecule has 1 aliphatic rings. The largest absolute Gasteiger partial charge is 0.0883 e. The molecular weight excluding hydrogens is 260 g/mol. The molecule has 0 radical (unpaired) electrons. The molecule has 1 rings (SSSR count). The van der Waals surface area contributed by atoms with Gasteiger partial charge in [-0.25, -0.2) is 0 Å². The van der Waals surface area contributed by atoms with Gasteiger partial charge < -0.3 is 0 Å². The summed E-state index contributed by atoms with van der Waals surface area (Å²) in [5.74, 6) is 0. The molecule has 0 saturated heterocycles. The lowest BCUT2D eigenvalue weighted by molar-refractivity contribution is 0.354. The molecule has 0 aromatic heterocycles. The number of halogens is 1. The van der Waals surface area contributed by atoms with Crippen LogP contribution < -0.4 is 0 Å². The molecule has 0 saturated carbocycles. The van der Waals surface area contributed by atoms with E-state index in [0.717, 1.165) is 5.33 Å². The SMILES string of the molecule is CC(=CCBr)CCC1=C(C)CCCC1(C)C. The highest BCUT2D eigenvalue weighted by Crippen LogP contribution is 2.42. The summed E-state index contributed by atoms with van der Waals surface area (Å²) in [4.78, 5) is 0. The monoisotopic (exact) mass is 284 g/mol. The Labute approximate surface area is 109 Å². The van der Waals surface area contributed by atoms with Gasteiger partial charge in [-0.15, -0.1) is 0 Å². The molecule has 0 nitrogen and oxygen atoms in total. The van der Waals surface area contributed by atoms with Crippen molar-refractivity contribution in [1.82, 2.24) is 0 Å². The molecule has 0 fully saturated rings. The highest BCUT2D eigenvalue weighted by atomic mass is 79.9. The molecule has 0 bridgehead atoms. The van der Waals surface area contributed by atoms with Crippen LogP contribution in [0.4, 0.5) is 0 Å². The van der Waals surface area contributed by atoms with E-state index in [2.05, 4.69) is 49.7 Å². The standard InChI is InChI=1S/C15H25Br/c1-12(9-11-16)7-8-14-13(2)6-5-10-15(14,3)4/h9H,5-8,10-11H2,1-4H3. The fraction of sp³-hybridized carbons (Fsp3) is 0.733. The van der Waals surface area contributed by atoms with Crippen LogP contribution in [-0.2, 0) is 0 Å². The van der Waals surface area contributed by atoms with Gasteiger partial charge in [0, 0.05) is 5.33 Å². The minimum Gasteiger partial charge on any atom is -0.0883 e. The van der Waals surface area contributed by atoms with E-state index in [1.54, 1.807) is 11.1 Å². The lowest BCUT2D eigenvalue weighted by Gasteiger charge is -2.34. The molecule has 92 valence electrons. The number of alkyl halides is 1. The minimum absolute atomic E-state index is 0.441. The lowest BCUT2D eigenvalue weighted by Crippen LogP contribution is -2.20. The van der Waals surface area contributed by atoms with Crippen molar-refractivity contribution in [3.63, 3.8) is 0 Å². The molecule has 0 N–H and O–H groups in total. The Hall–Kier alpha value is -0.0400. The van der Waals surface area contributed by atoms with Gasteiger partial charge in [-0.3, -0.25) is 0 Å². The van der Waals surface area contributed by atoms with Crippen LogP contribution in [0.25, 0.3) is 0 Å². The number of allylic oxidation sites excluding steroid dienone is 4. The van der Waals surface area contributed by atoms with Gasteiger partial charge in [0.25, 0.3) is 0 Å². The first-order valence-electron chi connectivity index (χ1n) is 6.38. The van der Waals surface area contributed by atoms with E-state index < -0.39 is 0 Å². The second-order valence-corrected chi connectivity index (χ2v) is 6.35. The summed E-state index contributed by atoms with van der Waals surface area (Å²) in [6, 6.07) is 0. The van der Waals surface area contributed by atoms with Crippen LogP contribution in [0.5, 0.6) is 0 Å². The summed E-state index contributed by atoms with van der Waals surface area (Å²) in [6.07, 6.45) is 8.82. The molecule has 0 aliphatic heterocycles. The number of hydrogen-bond acceptors (Lipinski definition) is 0. The van der Waals surface area contributed by atoms with Gasteiger partial charge >= 0.3 is 0 Å². The highest BCUT2D eigenvalue weighted by molar-refractivity contribution is 9.09. The third kappa shape index (κ3) is 3.76. The average Bonchev–Trinajstić information content (AvgIpc) is 2.16. The van der Waals surface area contributed by atoms with E-state index in [1.165, 1.54) is 37.7 Å². The summed E-state index contributed by atoms with van der Waals surface area (Å²) in [5.41, 5.74) is 5.33. The lowest BCUT2D eigenvalue weighted by atomic mass is 9.71. The molecule has 0 atom stereocenters. The van der Waals surface area contributed by atoms with E-state index in [-0.39, 0.29) is 0 Å². The summed E-state index contributed by atoms with van der Waals surface area (Å²) in [5, 5.41) is 0.986. The van der Waals surface area contributed by atoms with Crippen molar-refractivity contribution in [3.05, 3.63) is 22.8 Å². The van der Waals surface area contributed by atoms with Crippen LogP contribution >= 0.6 is 15.9 Å². The van der Waals surface area contributed by atoms with Gasteiger partial charge in [-0.1, -0.05) is 52.6 Å². The molecule has 1 heteroatoms. The van der Waals surface area contributed by atoms with Crippen molar-refractivity contribution >= 4 is 15.9 Å². The molecule has 1 aliphatic carbocycles. The van der Waals surface area contributed by atoms with Crippen LogP contribution in [0, 0.1) is 5.41 Å². The van der Waals surface area contributed by atoms with Gasteiger partial charge in [0.2, 0.25) is 0 Å². The van der Waals surface area contributed by atoms with Gasteiger partial charge in [0.1, 0.15) is 0 Å². The highest BCUT2D eigenvalue weighted by Gasteiger charge is 2.27. The maximum Gasteiger partial charge on any atom is 0.0214 e. The second-order valence-electron chi connectivity index (χ2n) is 5.70. The van der Waals surface area contributed by atoms with Crippen LogP contribution in [0.3, 0.4) is 0 Å². The van der Waals surface area contributed by atoms with Crippen LogP contribution in [0.2, 0.25) is 0 Å². The average molecular weight is 285 g/mol. The zero-order valence-electron chi connectivity index (χ0n) is 11.2. The third-order valence-corrected chi connectivity index (χ3v) is 4.20. The van der Waals surface area contributed by atoms with Gasteiger partial charge in [-0.2, -0.15) is 0 Å². The summed E-state index contributed by atoms with van der Waals surface area (Å²) in [6.45, 7) is 9.40. The summed E-state index contributed by atoms with van der Waals surface area (Å²) >= 11 is 3.46. The first-order valence-corrected chi connectivity index (χ1v) is 7.50. The Bertz CT molecular complexity index is 295. The smallest absolute Gasteiger partial charge is 0.0214 e. The maximum absolute atomic E-state index is 3.46. The Morgan fingerprint density at radius 1 is 1.44 bits per heavy atom. The van der Waals surface area contributed by atoms with E-state index >= 15 is 0 Å². The summed E-state index contributed by atoms with van der Waals surface area (Å²) in [7, 11) is 0. The minimum atomic E-state index is 0.441. The van der Waals surface area contributed by atoms with E-state index in [0.29, 0.717) is 5.41 Å². The Morgan fingerprint density at radius 3 is 2.69 bits per heavy atom. The number of rotatable bonds is 4. The first-order chi connectivity index (χ1) is 7.47. The van der Waals surface area contributed by atoms with Crippen molar-refractivity contribution in [1.29, 1.82) is 0 Å². The van der Waals surface area contributed by atoms with Crippen molar-refractivity contribution in [2.45, 2.75) is 59.8 Å². The van der Waals surface area contributed by atoms with Crippen LogP contribution in [0.15, 0.2) is 22.8 Å². The fourth-order valence-corrected chi connectivity index (χ4v) is 3.34. The molecule has 16 heavy (non-hydrogen) atoms. The predicted molar refractivity (Wildman–Crippen MR) is 77.1 cm³/mol. The molecule has 0 aromatic carbocycles. The third-order valence-electron chi connectivity index (χ3n) is 3.88. The van der Waals surface area contributed by atoms with Crippen molar-refractivity contribution in [3.8, 4) is 0 Å². The van der Waals surface area contributed by atoms with Crippen LogP contribution in [0.1, 0.15) is 59.8 Å². The predicted octanol–water partition coefficient (Wildman–Crippen LogP) is 5.63. The van der Waals surface area contributed by atoms with Crippen molar-refractivity contribution in [2.75, 3.05) is 5.33 Å². The topological polar surface area (TPSA) is 0 Å². The molecular formula is C15H25Br. The van der Waals surface area contributed by atoms with E-state index in [9.17, 15) is 0 Å². The second kappa shape index (κ2) is 6.05. The summed E-state index contributed by atoms with van der Waals surface area (Å²) < 4.78 is 0. The van der Waals surface area contributed by atoms with Crippen molar-refractivity contribution < 1.29 is 0 Å². The molecule has 0 spiro atoms. The molecule has 0 amide bonds. The quantitative estimate of drug-likeness (QED) is 0.463. The van der Waals surface area contributed by atoms with Crippen molar-refractivity contribution in [2.24, 2.45) is 5.41 Å². The zero-order valence-corrected chi connectivity index (χ0v) is 12.8. The van der Waals surface area contributed by atoms with Gasteiger partial charge in [-0.05, 0) is 51.4 Å². The van der Waals surface area contributed by atoms with Crippen LogP contribution in [-0.4, -0.2) is 5.33 Å². The van der Waals surface area contributed by atoms with E-state index in [4.69, 9.17) is 0 Å². The Kier molecular flexibility index (Phi) is 5.30. The normalized spacial score (nSPS) is 21.4. The fourth-order valence-electron chi connectivity index (χ4n) is 2.78. The van der Waals surface area contributed by atoms with Gasteiger partial charge in [0.15, 0.2) is 0 Å². The van der Waals surface area contributed by atoms with Gasteiger partial charge in [0.05, 0.1) is 0 Å². The first kappa shape index (κ1) is 14.0. The molecule has 0 unspecified atom stereocenters. The molecule has 0 aromatic rings. The van der Waals surface area contributed by atoms with E-state index in [1.807, 2.05) is 0 Å². The maximum atomic E-state index is 3.46.